The van der Waals surface area contributed by atoms with Gasteiger partial charge in [0.25, 0.3) is 0 Å². The van der Waals surface area contributed by atoms with Gasteiger partial charge in [0, 0.05) is 50.2 Å². The number of nitrogens with zero attached hydrogens (tertiary/aromatic N) is 4. The van der Waals surface area contributed by atoms with Crippen LogP contribution in [0.25, 0.3) is 0 Å². The van der Waals surface area contributed by atoms with Crippen LogP contribution in [0.5, 0.6) is 0 Å². The lowest BCUT2D eigenvalue weighted by molar-refractivity contribution is -0.122. The van der Waals surface area contributed by atoms with E-state index < -0.39 is 0 Å². The highest BCUT2D eigenvalue weighted by atomic mass is 32.1. The Morgan fingerprint density at radius 1 is 1.35 bits per heavy atom. The largest absolute Gasteiger partial charge is 0.355 e. The fraction of sp³-hybridized carbons (Fsp3) is 0.769. The molecule has 0 unspecified atom stereocenters. The van der Waals surface area contributed by atoms with Crippen LogP contribution in [0.3, 0.4) is 0 Å². The van der Waals surface area contributed by atoms with Gasteiger partial charge in [0.05, 0.1) is 6.54 Å². The normalized spacial score (nSPS) is 20.1. The zero-order valence-electron chi connectivity index (χ0n) is 11.8. The number of amides is 1. The summed E-state index contributed by atoms with van der Waals surface area (Å²) in [4.78, 5) is 20.7. The highest BCUT2D eigenvalue weighted by Crippen LogP contribution is 2.39. The van der Waals surface area contributed by atoms with Gasteiger partial charge in [-0.25, -0.2) is 4.98 Å². The van der Waals surface area contributed by atoms with E-state index in [2.05, 4.69) is 24.5 Å². The van der Waals surface area contributed by atoms with Gasteiger partial charge in [0.15, 0.2) is 0 Å². The monoisotopic (exact) mass is 295 g/mol. The topological polar surface area (TPSA) is 61.4 Å². The van der Waals surface area contributed by atoms with E-state index in [9.17, 15) is 4.79 Å². The molecule has 7 heteroatoms. The van der Waals surface area contributed by atoms with Gasteiger partial charge in [-0.15, -0.1) is 0 Å². The molecule has 0 radical (unpaired) electrons. The first kappa shape index (κ1) is 13.8. The summed E-state index contributed by atoms with van der Waals surface area (Å²) < 4.78 is 4.46. The van der Waals surface area contributed by atoms with Crippen molar-refractivity contribution in [1.29, 1.82) is 0 Å². The first-order valence-corrected chi connectivity index (χ1v) is 8.11. The maximum atomic E-state index is 11.6. The Morgan fingerprint density at radius 3 is 2.75 bits per heavy atom. The van der Waals surface area contributed by atoms with Crippen LogP contribution in [0.1, 0.15) is 31.5 Å². The van der Waals surface area contributed by atoms with E-state index in [1.54, 1.807) is 0 Å². The van der Waals surface area contributed by atoms with Gasteiger partial charge in [-0.05, 0) is 19.8 Å². The molecule has 2 fully saturated rings. The molecular weight excluding hydrogens is 274 g/mol. The van der Waals surface area contributed by atoms with Gasteiger partial charge in [0.1, 0.15) is 5.82 Å². The number of piperazine rings is 1. The van der Waals surface area contributed by atoms with Crippen molar-refractivity contribution in [3.05, 3.63) is 5.82 Å². The average molecular weight is 295 g/mol. The first-order valence-electron chi connectivity index (χ1n) is 7.34. The molecule has 0 aromatic carbocycles. The minimum absolute atomic E-state index is 0.118. The van der Waals surface area contributed by atoms with Crippen LogP contribution >= 0.6 is 11.5 Å². The summed E-state index contributed by atoms with van der Waals surface area (Å²) in [7, 11) is 0. The average Bonchev–Trinajstić information content (AvgIpc) is 3.18. The molecule has 0 atom stereocenters. The van der Waals surface area contributed by atoms with Crippen LogP contribution in [0, 0.1) is 0 Å². The zero-order chi connectivity index (χ0) is 13.9. The summed E-state index contributed by atoms with van der Waals surface area (Å²) in [6.45, 7) is 6.84. The second kappa shape index (κ2) is 6.05. The number of carbonyl (C=O) groups is 1. The van der Waals surface area contributed by atoms with Gasteiger partial charge in [-0.2, -0.15) is 4.37 Å². The number of carbonyl (C=O) groups excluding carboxylic acids is 1. The molecular formula is C13H21N5OS. The molecule has 110 valence electrons. The van der Waals surface area contributed by atoms with Crippen LogP contribution in [0.15, 0.2) is 0 Å². The molecule has 1 aromatic heterocycles. The van der Waals surface area contributed by atoms with Crippen molar-refractivity contribution < 1.29 is 4.79 Å². The van der Waals surface area contributed by atoms with Crippen molar-refractivity contribution in [3.8, 4) is 0 Å². The molecule has 3 rings (SSSR count). The molecule has 1 aromatic rings. The number of anilines is 1. The van der Waals surface area contributed by atoms with Gasteiger partial charge in [-0.1, -0.05) is 0 Å². The molecule has 0 bridgehead atoms. The Balaban J connectivity index is 1.48. The van der Waals surface area contributed by atoms with Gasteiger partial charge in [0.2, 0.25) is 11.0 Å². The van der Waals surface area contributed by atoms with Crippen molar-refractivity contribution in [2.75, 3.05) is 44.2 Å². The van der Waals surface area contributed by atoms with Gasteiger partial charge >= 0.3 is 0 Å². The molecule has 1 saturated carbocycles. The fourth-order valence-electron chi connectivity index (χ4n) is 2.42. The van der Waals surface area contributed by atoms with E-state index in [4.69, 9.17) is 0 Å². The standard InChI is InChI=1S/C13H21N5OS/c1-2-14-11(19)9-17-5-7-18(8-6-17)13-15-12(16-20-13)10-3-4-10/h10H,2-9H2,1H3,(H,14,19). The second-order valence-electron chi connectivity index (χ2n) is 5.43. The third-order valence-electron chi connectivity index (χ3n) is 3.76. The van der Waals surface area contributed by atoms with Crippen molar-refractivity contribution >= 4 is 22.6 Å². The molecule has 1 aliphatic heterocycles. The molecule has 1 amide bonds. The highest BCUT2D eigenvalue weighted by molar-refractivity contribution is 7.09. The molecule has 0 spiro atoms. The molecule has 20 heavy (non-hydrogen) atoms. The van der Waals surface area contributed by atoms with Crippen LogP contribution in [-0.2, 0) is 4.79 Å². The van der Waals surface area contributed by atoms with Gasteiger partial charge in [-0.3, -0.25) is 9.69 Å². The van der Waals surface area contributed by atoms with E-state index >= 15 is 0 Å². The SMILES string of the molecule is CCNC(=O)CN1CCN(c2nc(C3CC3)ns2)CC1. The lowest BCUT2D eigenvalue weighted by Crippen LogP contribution is -2.49. The molecule has 1 saturated heterocycles. The number of hydrogen-bond acceptors (Lipinski definition) is 6. The highest BCUT2D eigenvalue weighted by Gasteiger charge is 2.29. The van der Waals surface area contributed by atoms with Gasteiger partial charge < -0.3 is 10.2 Å². The van der Waals surface area contributed by atoms with E-state index in [1.165, 1.54) is 24.4 Å². The summed E-state index contributed by atoms with van der Waals surface area (Å²) in [6, 6.07) is 0. The van der Waals surface area contributed by atoms with Crippen LogP contribution in [0.2, 0.25) is 0 Å². The minimum Gasteiger partial charge on any atom is -0.355 e. The third kappa shape index (κ3) is 3.27. The lowest BCUT2D eigenvalue weighted by atomic mass is 10.3. The number of nitrogens with one attached hydrogen (secondary N) is 1. The maximum Gasteiger partial charge on any atom is 0.234 e. The molecule has 1 aliphatic carbocycles. The van der Waals surface area contributed by atoms with Crippen LogP contribution in [0.4, 0.5) is 5.13 Å². The zero-order valence-corrected chi connectivity index (χ0v) is 12.7. The molecule has 2 heterocycles. The van der Waals surface area contributed by atoms with Crippen LogP contribution in [-0.4, -0.2) is 59.4 Å². The first-order chi connectivity index (χ1) is 9.76. The van der Waals surface area contributed by atoms with E-state index in [0.29, 0.717) is 19.0 Å². The Labute approximate surface area is 123 Å². The number of hydrogen-bond donors (Lipinski definition) is 1. The predicted molar refractivity (Wildman–Crippen MR) is 79.2 cm³/mol. The molecule has 6 nitrogen and oxygen atoms in total. The van der Waals surface area contributed by atoms with Crippen LogP contribution < -0.4 is 10.2 Å². The summed E-state index contributed by atoms with van der Waals surface area (Å²) in [5.74, 6) is 1.78. The molecule has 2 aliphatic rings. The Morgan fingerprint density at radius 2 is 2.10 bits per heavy atom. The van der Waals surface area contributed by atoms with Crippen molar-refractivity contribution in [2.45, 2.75) is 25.7 Å². The summed E-state index contributed by atoms with van der Waals surface area (Å²) in [6.07, 6.45) is 2.49. The minimum atomic E-state index is 0.118. The van der Waals surface area contributed by atoms with E-state index in [0.717, 1.165) is 37.1 Å². The second-order valence-corrected chi connectivity index (χ2v) is 6.16. The maximum absolute atomic E-state index is 11.6. The predicted octanol–water partition coefficient (Wildman–Crippen LogP) is 0.674. The quantitative estimate of drug-likeness (QED) is 0.865. The smallest absolute Gasteiger partial charge is 0.234 e. The Bertz CT molecular complexity index is 465. The summed E-state index contributed by atoms with van der Waals surface area (Å²) in [5, 5.41) is 3.89. The van der Waals surface area contributed by atoms with E-state index in [1.807, 2.05) is 6.92 Å². The van der Waals surface area contributed by atoms with Crippen molar-refractivity contribution in [1.82, 2.24) is 19.6 Å². The summed E-state index contributed by atoms with van der Waals surface area (Å²) >= 11 is 1.51. The number of likely N-dealkylation sites (N-methyl/N-ethyl adjacent to an activating group) is 1. The Kier molecular flexibility index (Phi) is 4.16. The van der Waals surface area contributed by atoms with E-state index in [-0.39, 0.29) is 5.91 Å². The summed E-state index contributed by atoms with van der Waals surface area (Å²) in [5.41, 5.74) is 0. The number of aromatic nitrogens is 2. The third-order valence-corrected chi connectivity index (χ3v) is 4.55. The molecule has 1 N–H and O–H groups in total. The van der Waals surface area contributed by atoms with Crippen molar-refractivity contribution in [3.63, 3.8) is 0 Å². The fourth-order valence-corrected chi connectivity index (χ4v) is 3.21. The Hall–Kier alpha value is -1.21. The number of rotatable bonds is 5. The van der Waals surface area contributed by atoms with Crippen molar-refractivity contribution in [2.24, 2.45) is 0 Å². The lowest BCUT2D eigenvalue weighted by Gasteiger charge is -2.33.